The van der Waals surface area contributed by atoms with Crippen LogP contribution in [0.4, 0.5) is 0 Å². The zero-order chi connectivity index (χ0) is 14.9. The van der Waals surface area contributed by atoms with Crippen LogP contribution in [0.2, 0.25) is 0 Å². The van der Waals surface area contributed by atoms with E-state index in [0.717, 1.165) is 5.69 Å². The van der Waals surface area contributed by atoms with E-state index in [0.29, 0.717) is 17.0 Å². The van der Waals surface area contributed by atoms with E-state index in [1.807, 2.05) is 13.8 Å². The molecule has 0 aliphatic rings. The minimum absolute atomic E-state index is 0.0624. The second kappa shape index (κ2) is 5.40. The highest BCUT2D eigenvalue weighted by molar-refractivity contribution is 5.97. The molecule has 0 spiro atoms. The lowest BCUT2D eigenvalue weighted by Gasteiger charge is -2.07. The molecule has 0 fully saturated rings. The van der Waals surface area contributed by atoms with Gasteiger partial charge in [-0.25, -0.2) is 4.98 Å². The number of aryl methyl sites for hydroxylation is 2. The van der Waals surface area contributed by atoms with Gasteiger partial charge in [0.15, 0.2) is 5.78 Å². The van der Waals surface area contributed by atoms with Gasteiger partial charge in [-0.1, -0.05) is 19.0 Å². The average Bonchev–Trinajstić information content (AvgIpc) is 2.71. The molecule has 0 N–H and O–H groups in total. The van der Waals surface area contributed by atoms with Crippen LogP contribution in [-0.2, 0) is 6.54 Å². The second-order valence-corrected chi connectivity index (χ2v) is 5.06. The normalized spacial score (nSPS) is 11.1. The summed E-state index contributed by atoms with van der Waals surface area (Å²) in [4.78, 5) is 28.3. The first-order valence-electron chi connectivity index (χ1n) is 6.42. The van der Waals surface area contributed by atoms with Gasteiger partial charge in [-0.15, -0.1) is 0 Å². The lowest BCUT2D eigenvalue weighted by molar-refractivity contribution is 0.0968. The van der Waals surface area contributed by atoms with Crippen LogP contribution in [0.5, 0.6) is 0 Å². The second-order valence-electron chi connectivity index (χ2n) is 5.06. The quantitative estimate of drug-likeness (QED) is 0.796. The van der Waals surface area contributed by atoms with Gasteiger partial charge in [-0.2, -0.15) is 0 Å². The van der Waals surface area contributed by atoms with Gasteiger partial charge in [-0.05, 0) is 19.8 Å². The maximum absolute atomic E-state index is 12.2. The summed E-state index contributed by atoms with van der Waals surface area (Å²) in [6, 6.07) is 1.46. The Balaban J connectivity index is 2.27. The molecule has 6 heteroatoms. The summed E-state index contributed by atoms with van der Waals surface area (Å²) in [6.45, 7) is 7.23. The molecule has 2 rings (SSSR count). The van der Waals surface area contributed by atoms with Crippen LogP contribution in [0, 0.1) is 13.8 Å². The van der Waals surface area contributed by atoms with Crippen LogP contribution >= 0.6 is 0 Å². The van der Waals surface area contributed by atoms with Gasteiger partial charge >= 0.3 is 0 Å². The number of hydrogen-bond acceptors (Lipinski definition) is 5. The van der Waals surface area contributed by atoms with Gasteiger partial charge in [0.05, 0.1) is 29.8 Å². The molecule has 0 aliphatic heterocycles. The van der Waals surface area contributed by atoms with Crippen molar-refractivity contribution in [3.8, 4) is 0 Å². The fraction of sp³-hybridized carbons (Fsp3) is 0.429. The Morgan fingerprint density at radius 2 is 2.10 bits per heavy atom. The predicted octanol–water partition coefficient (Wildman–Crippen LogP) is 1.85. The Hall–Kier alpha value is -2.24. The van der Waals surface area contributed by atoms with Crippen molar-refractivity contribution in [2.45, 2.75) is 40.2 Å². The fourth-order valence-electron chi connectivity index (χ4n) is 1.99. The van der Waals surface area contributed by atoms with Gasteiger partial charge in [0.2, 0.25) is 0 Å². The number of carbonyl (C=O) groups excluding carboxylic acids is 1. The van der Waals surface area contributed by atoms with E-state index in [9.17, 15) is 9.59 Å². The van der Waals surface area contributed by atoms with Crippen LogP contribution < -0.4 is 5.56 Å². The Labute approximate surface area is 116 Å². The fourth-order valence-corrected chi connectivity index (χ4v) is 1.99. The van der Waals surface area contributed by atoms with Crippen molar-refractivity contribution >= 4 is 5.78 Å². The van der Waals surface area contributed by atoms with E-state index in [1.165, 1.54) is 17.0 Å². The summed E-state index contributed by atoms with van der Waals surface area (Å²) < 4.78 is 6.25. The monoisotopic (exact) mass is 275 g/mol. The SMILES string of the molecule is Cc1noc(C)c1C(=O)Cn1cnc(C(C)C)cc1=O. The molecular weight excluding hydrogens is 258 g/mol. The first kappa shape index (κ1) is 14.2. The third-order valence-corrected chi connectivity index (χ3v) is 3.12. The maximum Gasteiger partial charge on any atom is 0.253 e. The molecule has 2 aromatic rings. The molecule has 0 atom stereocenters. The highest BCUT2D eigenvalue weighted by Gasteiger charge is 2.18. The Kier molecular flexibility index (Phi) is 3.83. The van der Waals surface area contributed by atoms with Crippen molar-refractivity contribution in [2.75, 3.05) is 0 Å². The standard InChI is InChI=1S/C14H17N3O3/c1-8(2)11-5-13(19)17(7-15-11)6-12(18)14-9(3)16-20-10(14)4/h5,7-8H,6H2,1-4H3. The average molecular weight is 275 g/mol. The number of hydrogen-bond donors (Lipinski definition) is 0. The molecule has 6 nitrogen and oxygen atoms in total. The molecular formula is C14H17N3O3. The minimum Gasteiger partial charge on any atom is -0.361 e. The molecule has 20 heavy (non-hydrogen) atoms. The van der Waals surface area contributed by atoms with E-state index in [2.05, 4.69) is 10.1 Å². The largest absolute Gasteiger partial charge is 0.361 e. The zero-order valence-corrected chi connectivity index (χ0v) is 12.0. The lowest BCUT2D eigenvalue weighted by atomic mass is 10.1. The first-order valence-corrected chi connectivity index (χ1v) is 6.42. The van der Waals surface area contributed by atoms with E-state index >= 15 is 0 Å². The Morgan fingerprint density at radius 1 is 1.40 bits per heavy atom. The van der Waals surface area contributed by atoms with Crippen LogP contribution in [0.3, 0.4) is 0 Å². The summed E-state index contributed by atoms with van der Waals surface area (Å²) in [5.74, 6) is 0.436. The molecule has 0 unspecified atom stereocenters. The van der Waals surface area contributed by atoms with Crippen molar-refractivity contribution in [2.24, 2.45) is 0 Å². The minimum atomic E-state index is -0.233. The summed E-state index contributed by atoms with van der Waals surface area (Å²) in [5, 5.41) is 3.74. The highest BCUT2D eigenvalue weighted by atomic mass is 16.5. The zero-order valence-electron chi connectivity index (χ0n) is 12.0. The van der Waals surface area contributed by atoms with Gasteiger partial charge in [0.25, 0.3) is 5.56 Å². The topological polar surface area (TPSA) is 78.0 Å². The Bertz CT molecular complexity index is 678. The van der Waals surface area contributed by atoms with Crippen LogP contribution in [0.15, 0.2) is 21.7 Å². The summed E-state index contributed by atoms with van der Waals surface area (Å²) >= 11 is 0. The molecule has 2 heterocycles. The van der Waals surface area contributed by atoms with Crippen LogP contribution in [0.1, 0.15) is 47.3 Å². The molecule has 0 saturated carbocycles. The number of ketones is 1. The molecule has 0 saturated heterocycles. The number of aromatic nitrogens is 3. The van der Waals surface area contributed by atoms with Crippen molar-refractivity contribution in [1.82, 2.24) is 14.7 Å². The van der Waals surface area contributed by atoms with E-state index in [1.54, 1.807) is 13.8 Å². The number of rotatable bonds is 4. The van der Waals surface area contributed by atoms with Gasteiger partial charge in [0, 0.05) is 6.07 Å². The maximum atomic E-state index is 12.2. The first-order chi connectivity index (χ1) is 9.40. The molecule has 0 aromatic carbocycles. The van der Waals surface area contributed by atoms with Crippen molar-refractivity contribution < 1.29 is 9.32 Å². The van der Waals surface area contributed by atoms with Gasteiger partial charge in [-0.3, -0.25) is 14.2 Å². The molecule has 0 bridgehead atoms. The molecule has 2 aromatic heterocycles. The van der Waals surface area contributed by atoms with Crippen LogP contribution in [0.25, 0.3) is 0 Å². The highest BCUT2D eigenvalue weighted by Crippen LogP contribution is 2.13. The van der Waals surface area contributed by atoms with Crippen molar-refractivity contribution in [3.05, 3.63) is 45.5 Å². The third-order valence-electron chi connectivity index (χ3n) is 3.12. The van der Waals surface area contributed by atoms with Crippen molar-refractivity contribution in [3.63, 3.8) is 0 Å². The number of Topliss-reactive ketones (excluding diaryl/α,β-unsaturated/α-hetero) is 1. The van der Waals surface area contributed by atoms with E-state index in [4.69, 9.17) is 4.52 Å². The smallest absolute Gasteiger partial charge is 0.253 e. The molecule has 0 radical (unpaired) electrons. The summed E-state index contributed by atoms with van der Waals surface area (Å²) in [7, 11) is 0. The molecule has 106 valence electrons. The predicted molar refractivity (Wildman–Crippen MR) is 72.9 cm³/mol. The van der Waals surface area contributed by atoms with Gasteiger partial charge in [0.1, 0.15) is 5.76 Å². The van der Waals surface area contributed by atoms with Crippen molar-refractivity contribution in [1.29, 1.82) is 0 Å². The Morgan fingerprint density at radius 3 is 2.60 bits per heavy atom. The molecule has 0 amide bonds. The van der Waals surface area contributed by atoms with Crippen LogP contribution in [-0.4, -0.2) is 20.5 Å². The number of carbonyl (C=O) groups is 1. The number of nitrogens with zero attached hydrogens (tertiary/aromatic N) is 3. The van der Waals surface area contributed by atoms with E-state index in [-0.39, 0.29) is 23.8 Å². The third kappa shape index (κ3) is 2.68. The lowest BCUT2D eigenvalue weighted by Crippen LogP contribution is -2.25. The summed E-state index contributed by atoms with van der Waals surface area (Å²) in [6.07, 6.45) is 1.41. The van der Waals surface area contributed by atoms with E-state index < -0.39 is 0 Å². The summed E-state index contributed by atoms with van der Waals surface area (Å²) in [5.41, 5.74) is 1.46. The molecule has 0 aliphatic carbocycles. The van der Waals surface area contributed by atoms with Gasteiger partial charge < -0.3 is 4.52 Å².